The van der Waals surface area contributed by atoms with E-state index in [0.717, 1.165) is 17.3 Å². The topological polar surface area (TPSA) is 76.3 Å². The molecule has 1 unspecified atom stereocenters. The molecule has 0 aliphatic heterocycles. The molecule has 0 amide bonds. The van der Waals surface area contributed by atoms with Crippen LogP contribution in [0, 0.1) is 22.7 Å². The van der Waals surface area contributed by atoms with Crippen molar-refractivity contribution in [3.63, 3.8) is 0 Å². The molecule has 0 fully saturated rings. The van der Waals surface area contributed by atoms with Crippen LogP contribution in [0.15, 0.2) is 79.3 Å². The first kappa shape index (κ1) is 24.6. The number of aromatic amines is 1. The Morgan fingerprint density at radius 1 is 0.941 bits per heavy atom. The van der Waals surface area contributed by atoms with Crippen LogP contribution in [0.5, 0.6) is 0 Å². The SMILES string of the molecule is Cl.N#Cc1ccc(CC(c2cnc[nH]2)c2ccc(-c3ccccc3C(F)(F)F)cc2C#N)cc1. The second-order valence-electron chi connectivity index (χ2n) is 7.53. The van der Waals surface area contributed by atoms with Gasteiger partial charge in [-0.1, -0.05) is 42.5 Å². The van der Waals surface area contributed by atoms with Gasteiger partial charge in [0.1, 0.15) is 0 Å². The normalized spacial score (nSPS) is 11.7. The highest BCUT2D eigenvalue weighted by atomic mass is 35.5. The van der Waals surface area contributed by atoms with Gasteiger partial charge in [-0.2, -0.15) is 23.7 Å². The maximum absolute atomic E-state index is 13.5. The number of halogens is 4. The molecule has 4 aromatic rings. The number of hydrogen-bond donors (Lipinski definition) is 1. The molecule has 1 heterocycles. The Kier molecular flexibility index (Phi) is 7.40. The first-order valence-electron chi connectivity index (χ1n) is 10.1. The van der Waals surface area contributed by atoms with Gasteiger partial charge in [0, 0.05) is 17.8 Å². The molecule has 0 saturated carbocycles. The number of imidazole rings is 1. The van der Waals surface area contributed by atoms with Gasteiger partial charge in [0.15, 0.2) is 0 Å². The van der Waals surface area contributed by atoms with E-state index < -0.39 is 11.7 Å². The second-order valence-corrected chi connectivity index (χ2v) is 7.53. The highest BCUT2D eigenvalue weighted by Gasteiger charge is 2.33. The smallest absolute Gasteiger partial charge is 0.348 e. The molecule has 34 heavy (non-hydrogen) atoms. The van der Waals surface area contributed by atoms with E-state index >= 15 is 0 Å². The zero-order valence-corrected chi connectivity index (χ0v) is 18.5. The van der Waals surface area contributed by atoms with E-state index in [4.69, 9.17) is 5.26 Å². The fraction of sp³-hybridized carbons (Fsp3) is 0.115. The van der Waals surface area contributed by atoms with Crippen LogP contribution >= 0.6 is 12.4 Å². The van der Waals surface area contributed by atoms with Crippen LogP contribution in [0.4, 0.5) is 13.2 Å². The van der Waals surface area contributed by atoms with E-state index in [2.05, 4.69) is 22.1 Å². The molecular formula is C26H18ClF3N4. The van der Waals surface area contributed by atoms with Gasteiger partial charge in [0.25, 0.3) is 0 Å². The summed E-state index contributed by atoms with van der Waals surface area (Å²) in [5.41, 5.74) is 2.84. The fourth-order valence-electron chi connectivity index (χ4n) is 3.90. The fourth-order valence-corrected chi connectivity index (χ4v) is 3.90. The summed E-state index contributed by atoms with van der Waals surface area (Å²) >= 11 is 0. The van der Waals surface area contributed by atoms with Crippen LogP contribution in [0.3, 0.4) is 0 Å². The van der Waals surface area contributed by atoms with Gasteiger partial charge >= 0.3 is 6.18 Å². The van der Waals surface area contributed by atoms with Crippen molar-refractivity contribution in [2.45, 2.75) is 18.5 Å². The lowest BCUT2D eigenvalue weighted by molar-refractivity contribution is -0.137. The molecule has 1 aromatic heterocycles. The molecule has 170 valence electrons. The Balaban J connectivity index is 0.00000324. The first-order valence-corrected chi connectivity index (χ1v) is 10.1. The summed E-state index contributed by atoms with van der Waals surface area (Å²) in [6, 6.07) is 21.5. The summed E-state index contributed by atoms with van der Waals surface area (Å²) < 4.78 is 40.5. The molecule has 0 aliphatic rings. The molecule has 0 bridgehead atoms. The summed E-state index contributed by atoms with van der Waals surface area (Å²) in [6.07, 6.45) is -0.777. The van der Waals surface area contributed by atoms with Crippen LogP contribution in [-0.2, 0) is 12.6 Å². The number of alkyl halides is 3. The number of hydrogen-bond acceptors (Lipinski definition) is 3. The minimum absolute atomic E-state index is 0. The molecule has 8 heteroatoms. The average Bonchev–Trinajstić information content (AvgIpc) is 3.37. The minimum atomic E-state index is -4.50. The highest BCUT2D eigenvalue weighted by Crippen LogP contribution is 2.38. The molecule has 1 N–H and O–H groups in total. The zero-order valence-electron chi connectivity index (χ0n) is 17.7. The molecule has 4 rings (SSSR count). The Morgan fingerprint density at radius 3 is 2.29 bits per heavy atom. The molecule has 4 nitrogen and oxygen atoms in total. The van der Waals surface area contributed by atoms with E-state index in [1.165, 1.54) is 18.2 Å². The third-order valence-electron chi connectivity index (χ3n) is 5.51. The summed E-state index contributed by atoms with van der Waals surface area (Å²) in [5.74, 6) is -0.276. The Hall–Kier alpha value is -4.07. The molecule has 1 atom stereocenters. The van der Waals surface area contributed by atoms with Crippen molar-refractivity contribution in [1.29, 1.82) is 10.5 Å². The van der Waals surface area contributed by atoms with E-state index in [-0.39, 0.29) is 29.5 Å². The molecule has 0 aliphatic carbocycles. The largest absolute Gasteiger partial charge is 0.417 e. The molecular weight excluding hydrogens is 461 g/mol. The second kappa shape index (κ2) is 10.2. The molecule has 0 saturated heterocycles. The van der Waals surface area contributed by atoms with Gasteiger partial charge in [-0.05, 0) is 52.9 Å². The lowest BCUT2D eigenvalue weighted by Gasteiger charge is -2.19. The summed E-state index contributed by atoms with van der Waals surface area (Å²) in [7, 11) is 0. The average molecular weight is 479 g/mol. The Morgan fingerprint density at radius 2 is 1.68 bits per heavy atom. The standard InChI is InChI=1S/C26H17F3N4.ClH/c27-26(28,29)24-4-2-1-3-22(24)19-9-10-21(20(12-19)14-31)23(25-15-32-16-33-25)11-17-5-7-18(13-30)8-6-17;/h1-10,12,15-16,23H,11H2,(H,32,33);1H. The quantitative estimate of drug-likeness (QED) is 0.349. The third kappa shape index (κ3) is 5.11. The van der Waals surface area contributed by atoms with Gasteiger partial charge in [-0.15, -0.1) is 12.4 Å². The van der Waals surface area contributed by atoms with Crippen molar-refractivity contribution in [2.24, 2.45) is 0 Å². The van der Waals surface area contributed by atoms with Crippen molar-refractivity contribution in [3.8, 4) is 23.3 Å². The van der Waals surface area contributed by atoms with Crippen LogP contribution in [-0.4, -0.2) is 9.97 Å². The van der Waals surface area contributed by atoms with Crippen LogP contribution in [0.1, 0.15) is 39.4 Å². The lowest BCUT2D eigenvalue weighted by Crippen LogP contribution is -2.09. The van der Waals surface area contributed by atoms with Crippen molar-refractivity contribution in [1.82, 2.24) is 9.97 Å². The number of aromatic nitrogens is 2. The maximum Gasteiger partial charge on any atom is 0.417 e. The van der Waals surface area contributed by atoms with Crippen molar-refractivity contribution in [3.05, 3.63) is 113 Å². The summed E-state index contributed by atoms with van der Waals surface area (Å²) in [6.45, 7) is 0. The van der Waals surface area contributed by atoms with Crippen LogP contribution in [0.25, 0.3) is 11.1 Å². The van der Waals surface area contributed by atoms with Gasteiger partial charge in [-0.3, -0.25) is 0 Å². The first-order chi connectivity index (χ1) is 15.9. The summed E-state index contributed by atoms with van der Waals surface area (Å²) in [5, 5.41) is 18.9. The van der Waals surface area contributed by atoms with Gasteiger partial charge in [0.2, 0.25) is 0 Å². The lowest BCUT2D eigenvalue weighted by atomic mass is 9.85. The number of nitrogens with one attached hydrogen (secondary N) is 1. The number of rotatable bonds is 5. The maximum atomic E-state index is 13.5. The van der Waals surface area contributed by atoms with Crippen molar-refractivity contribution in [2.75, 3.05) is 0 Å². The van der Waals surface area contributed by atoms with Gasteiger partial charge < -0.3 is 4.98 Å². The predicted molar refractivity (Wildman–Crippen MR) is 124 cm³/mol. The predicted octanol–water partition coefficient (Wildman–Crippen LogP) is 6.64. The van der Waals surface area contributed by atoms with Gasteiger partial charge in [-0.25, -0.2) is 4.98 Å². The zero-order chi connectivity index (χ0) is 23.4. The van der Waals surface area contributed by atoms with E-state index in [9.17, 15) is 18.4 Å². The Labute approximate surface area is 200 Å². The minimum Gasteiger partial charge on any atom is -0.348 e. The monoisotopic (exact) mass is 478 g/mol. The van der Waals surface area contributed by atoms with E-state index in [0.29, 0.717) is 23.1 Å². The van der Waals surface area contributed by atoms with Gasteiger partial charge in [0.05, 0.1) is 35.2 Å². The van der Waals surface area contributed by atoms with E-state index in [1.54, 1.807) is 42.9 Å². The van der Waals surface area contributed by atoms with Crippen molar-refractivity contribution < 1.29 is 13.2 Å². The Bertz CT molecular complexity index is 1350. The van der Waals surface area contributed by atoms with Crippen LogP contribution in [0.2, 0.25) is 0 Å². The number of nitrogens with zero attached hydrogens (tertiary/aromatic N) is 3. The molecule has 0 spiro atoms. The molecule has 3 aromatic carbocycles. The summed E-state index contributed by atoms with van der Waals surface area (Å²) in [4.78, 5) is 7.17. The van der Waals surface area contributed by atoms with Crippen LogP contribution < -0.4 is 0 Å². The highest BCUT2D eigenvalue weighted by molar-refractivity contribution is 5.85. The van der Waals surface area contributed by atoms with E-state index in [1.807, 2.05) is 12.1 Å². The van der Waals surface area contributed by atoms with Crippen molar-refractivity contribution >= 4 is 12.4 Å². The molecule has 0 radical (unpaired) electrons. The number of H-pyrrole nitrogens is 1. The number of benzene rings is 3. The number of nitriles is 2. The third-order valence-corrected chi connectivity index (χ3v) is 5.51.